The second-order valence-electron chi connectivity index (χ2n) is 11.3. The number of hydrogen-bond acceptors (Lipinski definition) is 6. The van der Waals surface area contributed by atoms with E-state index in [4.69, 9.17) is 23.9 Å². The van der Waals surface area contributed by atoms with Crippen molar-refractivity contribution in [3.05, 3.63) is 83.2 Å². The number of carbonyl (C=O) groups excluding carboxylic acids is 1. The van der Waals surface area contributed by atoms with E-state index in [-0.39, 0.29) is 0 Å². The maximum absolute atomic E-state index is 11.9. The Bertz CT molecular complexity index is 1580. The molecule has 222 valence electrons. The van der Waals surface area contributed by atoms with E-state index in [1.54, 1.807) is 28.4 Å². The number of methoxy groups -OCH3 is 4. The molecule has 0 saturated heterocycles. The van der Waals surface area contributed by atoms with Crippen LogP contribution in [0.1, 0.15) is 44.3 Å². The van der Waals surface area contributed by atoms with Gasteiger partial charge in [-0.2, -0.15) is 0 Å². The Hall–Kier alpha value is -4.52. The van der Waals surface area contributed by atoms with Crippen molar-refractivity contribution in [2.75, 3.05) is 28.4 Å². The Morgan fingerprint density at radius 2 is 1.33 bits per heavy atom. The minimum absolute atomic E-state index is 0.413. The van der Waals surface area contributed by atoms with E-state index < -0.39 is 0 Å². The van der Waals surface area contributed by atoms with Crippen LogP contribution in [0.3, 0.4) is 0 Å². The summed E-state index contributed by atoms with van der Waals surface area (Å²) in [5.41, 5.74) is 8.15. The number of nitrogens with zero attached hydrogens (tertiary/aromatic N) is 1. The van der Waals surface area contributed by atoms with Gasteiger partial charge in [-0.1, -0.05) is 24.3 Å². The molecule has 0 amide bonds. The fourth-order valence-corrected chi connectivity index (χ4v) is 6.51. The van der Waals surface area contributed by atoms with Crippen molar-refractivity contribution in [3.63, 3.8) is 0 Å². The van der Waals surface area contributed by atoms with Crippen molar-refractivity contribution >= 4 is 11.9 Å². The smallest absolute Gasteiger partial charge is 0.161 e. The van der Waals surface area contributed by atoms with Crippen LogP contribution in [-0.2, 0) is 4.79 Å². The van der Waals surface area contributed by atoms with Crippen molar-refractivity contribution in [1.82, 2.24) is 9.97 Å². The first-order valence-corrected chi connectivity index (χ1v) is 14.9. The van der Waals surface area contributed by atoms with Crippen LogP contribution in [-0.4, -0.2) is 44.7 Å². The van der Waals surface area contributed by atoms with Gasteiger partial charge in [-0.15, -0.1) is 0 Å². The highest BCUT2D eigenvalue weighted by Gasteiger charge is 2.26. The Balaban J connectivity index is 1.49. The summed E-state index contributed by atoms with van der Waals surface area (Å²) in [6.07, 6.45) is 15.8. The summed E-state index contributed by atoms with van der Waals surface area (Å²) in [7, 11) is 6.55. The van der Waals surface area contributed by atoms with Crippen LogP contribution < -0.4 is 18.9 Å². The average Bonchev–Trinajstić information content (AvgIpc) is 3.50. The van der Waals surface area contributed by atoms with Crippen LogP contribution >= 0.6 is 0 Å². The lowest BCUT2D eigenvalue weighted by molar-refractivity contribution is -0.105. The number of H-pyrrole nitrogens is 1. The summed E-state index contributed by atoms with van der Waals surface area (Å²) in [6.45, 7) is 0. The Morgan fingerprint density at radius 1 is 0.744 bits per heavy atom. The molecular weight excluding hydrogens is 540 g/mol. The zero-order valence-corrected chi connectivity index (χ0v) is 25.2. The molecule has 0 spiro atoms. The number of aromatic amines is 1. The van der Waals surface area contributed by atoms with Crippen LogP contribution in [0, 0.1) is 11.8 Å². The van der Waals surface area contributed by atoms with Gasteiger partial charge in [0, 0.05) is 11.1 Å². The van der Waals surface area contributed by atoms with Crippen LogP contribution in [0.25, 0.3) is 28.1 Å². The highest BCUT2D eigenvalue weighted by atomic mass is 16.5. The van der Waals surface area contributed by atoms with Gasteiger partial charge in [0.1, 0.15) is 12.1 Å². The van der Waals surface area contributed by atoms with Gasteiger partial charge in [0.05, 0.1) is 39.8 Å². The third-order valence-electron chi connectivity index (χ3n) is 8.92. The summed E-state index contributed by atoms with van der Waals surface area (Å²) in [5, 5.41) is 0. The topological polar surface area (TPSA) is 82.7 Å². The summed E-state index contributed by atoms with van der Waals surface area (Å²) in [4.78, 5) is 20.9. The van der Waals surface area contributed by atoms with E-state index in [9.17, 15) is 4.79 Å². The molecule has 1 aromatic heterocycles. The van der Waals surface area contributed by atoms with Gasteiger partial charge < -0.3 is 23.9 Å². The zero-order valence-electron chi connectivity index (χ0n) is 25.2. The minimum Gasteiger partial charge on any atom is -0.493 e. The summed E-state index contributed by atoms with van der Waals surface area (Å²) < 4.78 is 22.3. The molecule has 7 heteroatoms. The number of imidazole rings is 1. The standard InChI is InChI=1S/C36H38N2O5/c1-40-30-15-13-26(19-32(30)42-3)34-35(27-14-16-31(41-2)33(20-27)43-4)38-36(37-34)29-18-23-6-5-22-7-9-24(28(17-22)21-39)11-12-25(29)10-8-23/h7-10,13-16,19-23H,5-6,11-12,17-18H2,1-4H3,(H,37,38). The van der Waals surface area contributed by atoms with Crippen molar-refractivity contribution in [1.29, 1.82) is 0 Å². The molecule has 1 N–H and O–H groups in total. The Morgan fingerprint density at radius 3 is 1.98 bits per heavy atom. The highest BCUT2D eigenvalue weighted by molar-refractivity contribution is 5.83. The molecule has 0 aliphatic heterocycles. The van der Waals surface area contributed by atoms with Gasteiger partial charge >= 0.3 is 0 Å². The molecule has 2 unspecified atom stereocenters. The molecule has 2 atom stereocenters. The second-order valence-corrected chi connectivity index (χ2v) is 11.3. The quantitative estimate of drug-likeness (QED) is 0.275. The van der Waals surface area contributed by atoms with E-state index in [1.165, 1.54) is 11.1 Å². The number of nitrogens with one attached hydrogen (secondary N) is 1. The Kier molecular flexibility index (Phi) is 8.23. The Labute approximate surface area is 252 Å². The fourth-order valence-electron chi connectivity index (χ4n) is 6.51. The summed E-state index contributed by atoms with van der Waals surface area (Å²) in [6, 6.07) is 11.8. The fraction of sp³-hybridized carbons (Fsp3) is 0.333. The normalized spacial score (nSPS) is 19.7. The first kappa shape index (κ1) is 28.6. The number of aldehydes is 1. The lowest BCUT2D eigenvalue weighted by Crippen LogP contribution is -2.13. The molecule has 1 heterocycles. The lowest BCUT2D eigenvalue weighted by Gasteiger charge is -2.27. The molecule has 3 aromatic rings. The van der Waals surface area contributed by atoms with Crippen molar-refractivity contribution in [2.24, 2.45) is 11.8 Å². The molecule has 6 aliphatic rings. The highest BCUT2D eigenvalue weighted by Crippen LogP contribution is 2.43. The molecule has 43 heavy (non-hydrogen) atoms. The van der Waals surface area contributed by atoms with Gasteiger partial charge in [0.2, 0.25) is 0 Å². The van der Waals surface area contributed by atoms with Gasteiger partial charge in [-0.25, -0.2) is 4.98 Å². The third-order valence-corrected chi connectivity index (χ3v) is 8.92. The number of aromatic nitrogens is 2. The molecular formula is C36H38N2O5. The summed E-state index contributed by atoms with van der Waals surface area (Å²) in [5.74, 6) is 4.30. The van der Waals surface area contributed by atoms with E-state index >= 15 is 0 Å². The number of rotatable bonds is 8. The number of ether oxygens (including phenoxy) is 4. The maximum Gasteiger partial charge on any atom is 0.161 e. The second kappa shape index (κ2) is 12.4. The van der Waals surface area contributed by atoms with Gasteiger partial charge in [0.25, 0.3) is 0 Å². The zero-order chi connectivity index (χ0) is 29.9. The molecule has 6 aliphatic carbocycles. The van der Waals surface area contributed by atoms with Crippen LogP contribution in [0.4, 0.5) is 0 Å². The number of carbonyl (C=O) groups is 1. The molecule has 2 aromatic carbocycles. The van der Waals surface area contributed by atoms with Crippen molar-refractivity contribution in [2.45, 2.75) is 38.5 Å². The van der Waals surface area contributed by atoms with E-state index in [1.807, 2.05) is 36.4 Å². The first-order chi connectivity index (χ1) is 21.0. The number of allylic oxidation sites excluding steroid dienone is 8. The maximum atomic E-state index is 11.9. The number of benzene rings is 2. The average molecular weight is 579 g/mol. The molecule has 4 bridgehead atoms. The largest absolute Gasteiger partial charge is 0.493 e. The van der Waals surface area contributed by atoms with Gasteiger partial charge in [-0.3, -0.25) is 4.79 Å². The van der Waals surface area contributed by atoms with E-state index in [0.717, 1.165) is 84.3 Å². The van der Waals surface area contributed by atoms with Crippen LogP contribution in [0.2, 0.25) is 0 Å². The predicted molar refractivity (Wildman–Crippen MR) is 169 cm³/mol. The van der Waals surface area contributed by atoms with E-state index in [2.05, 4.69) is 29.3 Å². The monoisotopic (exact) mass is 578 g/mol. The van der Waals surface area contributed by atoms with E-state index in [0.29, 0.717) is 34.8 Å². The number of hydrogen-bond donors (Lipinski definition) is 1. The molecule has 0 fully saturated rings. The first-order valence-electron chi connectivity index (χ1n) is 14.9. The molecule has 7 nitrogen and oxygen atoms in total. The molecule has 0 radical (unpaired) electrons. The third kappa shape index (κ3) is 5.64. The van der Waals surface area contributed by atoms with Crippen LogP contribution in [0.5, 0.6) is 23.0 Å². The molecule has 9 rings (SSSR count). The van der Waals surface area contributed by atoms with Gasteiger partial charge in [0.15, 0.2) is 23.0 Å². The SMILES string of the molecule is COc1ccc(-c2nc(C3=C4C=CC(CCC5C=CC(=C(C=O)C5)CC4)C3)[nH]c2-c2ccc(OC)c(OC)c2)cc1OC. The minimum atomic E-state index is 0.413. The summed E-state index contributed by atoms with van der Waals surface area (Å²) >= 11 is 0. The van der Waals surface area contributed by atoms with Crippen molar-refractivity contribution < 1.29 is 23.7 Å². The van der Waals surface area contributed by atoms with Crippen molar-refractivity contribution in [3.8, 4) is 45.5 Å². The van der Waals surface area contributed by atoms with Gasteiger partial charge in [-0.05, 0) is 109 Å². The lowest BCUT2D eigenvalue weighted by atomic mass is 9.78. The predicted octanol–water partition coefficient (Wildman–Crippen LogP) is 7.75. The molecule has 0 saturated carbocycles. The van der Waals surface area contributed by atoms with Crippen LogP contribution in [0.15, 0.2) is 77.4 Å².